The molecule has 0 unspecified atom stereocenters. The summed E-state index contributed by atoms with van der Waals surface area (Å²) in [5, 5.41) is 9.04. The van der Waals surface area contributed by atoms with Crippen molar-refractivity contribution in [3.05, 3.63) is 70.0 Å². The molecule has 4 rings (SSSR count). The Bertz CT molecular complexity index is 1260. The van der Waals surface area contributed by atoms with Gasteiger partial charge >= 0.3 is 0 Å². The highest BCUT2D eigenvalue weighted by molar-refractivity contribution is 5.62. The first kappa shape index (κ1) is 21.5. The molecule has 1 aliphatic rings. The van der Waals surface area contributed by atoms with Crippen LogP contribution in [0.5, 0.6) is 5.75 Å². The maximum Gasteiger partial charge on any atom is 0.260 e. The number of methoxy groups -OCH3 is 1. The third-order valence-electron chi connectivity index (χ3n) is 5.51. The molecule has 9 heteroatoms. The Morgan fingerprint density at radius 2 is 1.88 bits per heavy atom. The van der Waals surface area contributed by atoms with E-state index < -0.39 is 17.2 Å². The number of nitriles is 1. The van der Waals surface area contributed by atoms with Crippen molar-refractivity contribution in [2.75, 3.05) is 25.1 Å². The van der Waals surface area contributed by atoms with Gasteiger partial charge in [-0.15, -0.1) is 0 Å². The molecule has 2 heterocycles. The first-order chi connectivity index (χ1) is 15.4. The molecular weight excluding hydrogens is 416 g/mol. The average molecular weight is 437 g/mol. The average Bonchev–Trinajstić information content (AvgIpc) is 2.79. The normalized spacial score (nSPS) is 14.3. The van der Waals surface area contributed by atoms with Crippen LogP contribution >= 0.6 is 0 Å². The van der Waals surface area contributed by atoms with Crippen LogP contribution in [0.1, 0.15) is 18.4 Å². The lowest BCUT2D eigenvalue weighted by Crippen LogP contribution is -2.40. The van der Waals surface area contributed by atoms with Crippen molar-refractivity contribution in [3.63, 3.8) is 0 Å². The fourth-order valence-corrected chi connectivity index (χ4v) is 3.74. The monoisotopic (exact) mass is 437 g/mol. The quantitative estimate of drug-likeness (QED) is 0.674. The minimum absolute atomic E-state index is 0.0296. The van der Waals surface area contributed by atoms with Gasteiger partial charge in [-0.3, -0.25) is 9.36 Å². The van der Waals surface area contributed by atoms with Gasteiger partial charge in [0.2, 0.25) is 0 Å². The van der Waals surface area contributed by atoms with Crippen molar-refractivity contribution in [3.8, 4) is 28.9 Å². The van der Waals surface area contributed by atoms with Crippen LogP contribution in [0.25, 0.3) is 17.1 Å². The van der Waals surface area contributed by atoms with Gasteiger partial charge in [0, 0.05) is 36.8 Å². The molecule has 164 valence electrons. The van der Waals surface area contributed by atoms with Gasteiger partial charge in [0.05, 0.1) is 18.4 Å². The third kappa shape index (κ3) is 4.05. The van der Waals surface area contributed by atoms with Gasteiger partial charge < -0.3 is 15.4 Å². The lowest BCUT2D eigenvalue weighted by molar-refractivity contribution is 0.386. The number of hydrogen-bond acceptors (Lipinski definition) is 6. The fraction of sp³-hybridized carbons (Fsp3) is 0.261. The molecule has 1 aliphatic heterocycles. The smallest absolute Gasteiger partial charge is 0.260 e. The highest BCUT2D eigenvalue weighted by Gasteiger charge is 2.21. The topological polar surface area (TPSA) is 97.2 Å². The van der Waals surface area contributed by atoms with E-state index in [1.807, 2.05) is 4.90 Å². The highest BCUT2D eigenvalue weighted by Crippen LogP contribution is 2.27. The summed E-state index contributed by atoms with van der Waals surface area (Å²) in [6.45, 7) is 1.27. The van der Waals surface area contributed by atoms with Crippen molar-refractivity contribution in [2.45, 2.75) is 18.9 Å². The predicted octanol–water partition coefficient (Wildman–Crippen LogP) is 2.99. The van der Waals surface area contributed by atoms with E-state index in [1.165, 1.54) is 42.0 Å². The van der Waals surface area contributed by atoms with Gasteiger partial charge in [0.25, 0.3) is 5.56 Å². The third-order valence-corrected chi connectivity index (χ3v) is 5.51. The molecule has 0 saturated carbocycles. The van der Waals surface area contributed by atoms with Crippen molar-refractivity contribution < 1.29 is 13.5 Å². The first-order valence-corrected chi connectivity index (χ1v) is 10.1. The van der Waals surface area contributed by atoms with Crippen molar-refractivity contribution in [1.82, 2.24) is 9.55 Å². The summed E-state index contributed by atoms with van der Waals surface area (Å²) >= 11 is 0. The zero-order valence-electron chi connectivity index (χ0n) is 17.4. The van der Waals surface area contributed by atoms with Crippen molar-refractivity contribution in [2.24, 2.45) is 5.73 Å². The number of piperidine rings is 1. The lowest BCUT2D eigenvalue weighted by atomic mass is 10.1. The van der Waals surface area contributed by atoms with Gasteiger partial charge in [-0.1, -0.05) is 0 Å². The zero-order chi connectivity index (χ0) is 22.8. The highest BCUT2D eigenvalue weighted by atomic mass is 19.1. The Morgan fingerprint density at radius 1 is 1.12 bits per heavy atom. The van der Waals surface area contributed by atoms with Crippen LogP contribution in [0.2, 0.25) is 0 Å². The maximum atomic E-state index is 14.4. The second-order valence-corrected chi connectivity index (χ2v) is 7.56. The van der Waals surface area contributed by atoms with E-state index >= 15 is 0 Å². The SMILES string of the molecule is COc1ccc(-n2c(-c3ccc(C#N)c(F)c3)nc(N3CCC(N)CC3)cc2=O)cc1F. The van der Waals surface area contributed by atoms with Gasteiger partial charge in [-0.05, 0) is 43.2 Å². The summed E-state index contributed by atoms with van der Waals surface area (Å²) in [4.78, 5) is 19.8. The Hall–Kier alpha value is -3.77. The largest absolute Gasteiger partial charge is 0.494 e. The van der Waals surface area contributed by atoms with Crippen LogP contribution in [0.15, 0.2) is 47.3 Å². The van der Waals surface area contributed by atoms with E-state index in [4.69, 9.17) is 15.7 Å². The number of benzene rings is 2. The van der Waals surface area contributed by atoms with Crippen molar-refractivity contribution >= 4 is 5.82 Å². The number of aromatic nitrogens is 2. The Labute approximate surface area is 183 Å². The second-order valence-electron chi connectivity index (χ2n) is 7.56. The summed E-state index contributed by atoms with van der Waals surface area (Å²) in [5.41, 5.74) is 5.90. The molecule has 0 radical (unpaired) electrons. The summed E-state index contributed by atoms with van der Waals surface area (Å²) in [5.74, 6) is -0.784. The van der Waals surface area contributed by atoms with Crippen LogP contribution < -0.4 is 20.9 Å². The Balaban J connectivity index is 1.91. The van der Waals surface area contributed by atoms with Gasteiger partial charge in [0.1, 0.15) is 23.5 Å². The van der Waals surface area contributed by atoms with Crippen LogP contribution in [0.3, 0.4) is 0 Å². The molecule has 0 amide bonds. The number of anilines is 1. The summed E-state index contributed by atoms with van der Waals surface area (Å²) in [7, 11) is 1.34. The molecule has 1 fully saturated rings. The number of nitrogens with zero attached hydrogens (tertiary/aromatic N) is 4. The molecule has 1 aromatic heterocycles. The number of nitrogens with two attached hydrogens (primary N) is 1. The van der Waals surface area contributed by atoms with Gasteiger partial charge in [-0.2, -0.15) is 5.26 Å². The standard InChI is InChI=1S/C23H21F2N5O2/c1-32-20-5-4-17(11-19(20)25)30-22(31)12-21(29-8-6-16(27)7-9-29)28-23(30)14-2-3-15(13-26)18(24)10-14/h2-5,10-12,16H,6-9,27H2,1H3. The zero-order valence-corrected chi connectivity index (χ0v) is 17.4. The number of rotatable bonds is 4. The van der Waals surface area contributed by atoms with Crippen LogP contribution in [0.4, 0.5) is 14.6 Å². The Morgan fingerprint density at radius 3 is 2.50 bits per heavy atom. The fourth-order valence-electron chi connectivity index (χ4n) is 3.74. The summed E-state index contributed by atoms with van der Waals surface area (Å²) in [6, 6.07) is 11.3. The Kier molecular flexibility index (Phi) is 5.88. The van der Waals surface area contributed by atoms with Gasteiger partial charge in [-0.25, -0.2) is 13.8 Å². The number of hydrogen-bond donors (Lipinski definition) is 1. The molecular formula is C23H21F2N5O2. The first-order valence-electron chi connectivity index (χ1n) is 10.1. The summed E-state index contributed by atoms with van der Waals surface area (Å²) < 4.78 is 35.0. The molecule has 2 aromatic carbocycles. The summed E-state index contributed by atoms with van der Waals surface area (Å²) in [6.07, 6.45) is 1.52. The van der Waals surface area contributed by atoms with Crippen LogP contribution in [-0.2, 0) is 0 Å². The molecule has 3 aromatic rings. The molecule has 1 saturated heterocycles. The van der Waals surface area contributed by atoms with Crippen LogP contribution in [-0.4, -0.2) is 35.8 Å². The molecule has 2 N–H and O–H groups in total. The molecule has 7 nitrogen and oxygen atoms in total. The van der Waals surface area contributed by atoms with E-state index in [0.29, 0.717) is 18.9 Å². The molecule has 0 spiro atoms. The van der Waals surface area contributed by atoms with E-state index in [1.54, 1.807) is 6.07 Å². The van der Waals surface area contributed by atoms with E-state index in [-0.39, 0.29) is 34.4 Å². The minimum Gasteiger partial charge on any atom is -0.494 e. The van der Waals surface area contributed by atoms with E-state index in [9.17, 15) is 13.6 Å². The number of ether oxygens (including phenoxy) is 1. The van der Waals surface area contributed by atoms with Crippen molar-refractivity contribution in [1.29, 1.82) is 5.26 Å². The number of halogens is 2. The predicted molar refractivity (Wildman–Crippen MR) is 116 cm³/mol. The minimum atomic E-state index is -0.735. The molecule has 0 aliphatic carbocycles. The maximum absolute atomic E-state index is 14.4. The van der Waals surface area contributed by atoms with Gasteiger partial charge in [0.15, 0.2) is 11.6 Å². The van der Waals surface area contributed by atoms with E-state index in [2.05, 4.69) is 4.98 Å². The molecule has 0 atom stereocenters. The lowest BCUT2D eigenvalue weighted by Gasteiger charge is -2.31. The second kappa shape index (κ2) is 8.77. The van der Waals surface area contributed by atoms with Crippen LogP contribution in [0, 0.1) is 23.0 Å². The molecule has 0 bridgehead atoms. The molecule has 32 heavy (non-hydrogen) atoms. The van der Waals surface area contributed by atoms with E-state index in [0.717, 1.165) is 25.0 Å².